The second-order valence-corrected chi connectivity index (χ2v) is 8.28. The topological polar surface area (TPSA) is 69.6 Å². The average molecular weight is 561 g/mol. The van der Waals surface area contributed by atoms with E-state index in [9.17, 15) is 14.7 Å². The number of phenolic OH excluding ortho intramolecular Hbond substituents is 1. The predicted octanol–water partition coefficient (Wildman–Crippen LogP) is 4.51. The largest absolute Gasteiger partial charge is 0.506 e. The van der Waals surface area contributed by atoms with Gasteiger partial charge in [0.15, 0.2) is 5.11 Å². The molecule has 2 amide bonds. The maximum absolute atomic E-state index is 12.9. The minimum atomic E-state index is -0.575. The molecule has 2 aromatic rings. The lowest BCUT2D eigenvalue weighted by Gasteiger charge is -2.29. The molecule has 1 saturated heterocycles. The average Bonchev–Trinajstić information content (AvgIpc) is 2.58. The van der Waals surface area contributed by atoms with Gasteiger partial charge in [0.25, 0.3) is 11.8 Å². The standard InChI is InChI=1S/C17H9Br3N2O3S/c18-9-1-3-10(4-2-9)22-16(25)11(15(24)21-17(22)26)5-8-6-12(19)14(23)13(20)7-8/h1-7,23H,(H,21,24,26)/b11-5-. The number of aromatic hydroxyl groups is 1. The Hall–Kier alpha value is -1.55. The lowest BCUT2D eigenvalue weighted by Crippen LogP contribution is -2.54. The molecule has 2 N–H and O–H groups in total. The molecule has 1 aliphatic rings. The minimum Gasteiger partial charge on any atom is -0.506 e. The van der Waals surface area contributed by atoms with E-state index in [1.807, 2.05) is 0 Å². The number of nitrogens with zero attached hydrogens (tertiary/aromatic N) is 1. The van der Waals surface area contributed by atoms with Gasteiger partial charge in [0.1, 0.15) is 11.3 Å². The third-order valence-corrected chi connectivity index (χ3v) is 5.56. The number of rotatable bonds is 2. The molecule has 1 heterocycles. The Labute approximate surface area is 179 Å². The van der Waals surface area contributed by atoms with Gasteiger partial charge in [-0.25, -0.2) is 0 Å². The van der Waals surface area contributed by atoms with E-state index in [1.54, 1.807) is 36.4 Å². The third-order valence-electron chi connectivity index (χ3n) is 3.54. The van der Waals surface area contributed by atoms with E-state index in [4.69, 9.17) is 12.2 Å². The van der Waals surface area contributed by atoms with Crippen molar-refractivity contribution in [2.75, 3.05) is 4.90 Å². The number of hydrogen-bond acceptors (Lipinski definition) is 4. The van der Waals surface area contributed by atoms with Crippen molar-refractivity contribution in [2.24, 2.45) is 0 Å². The maximum atomic E-state index is 12.9. The predicted molar refractivity (Wildman–Crippen MR) is 114 cm³/mol. The number of benzene rings is 2. The van der Waals surface area contributed by atoms with Crippen LogP contribution in [0.1, 0.15) is 5.56 Å². The minimum absolute atomic E-state index is 0.0209. The highest BCUT2D eigenvalue weighted by molar-refractivity contribution is 9.11. The summed E-state index contributed by atoms with van der Waals surface area (Å²) in [5.74, 6) is -1.07. The molecular weight excluding hydrogens is 552 g/mol. The van der Waals surface area contributed by atoms with Crippen molar-refractivity contribution in [2.45, 2.75) is 0 Å². The Morgan fingerprint density at radius 1 is 1.04 bits per heavy atom. The van der Waals surface area contributed by atoms with E-state index in [1.165, 1.54) is 11.0 Å². The lowest BCUT2D eigenvalue weighted by molar-refractivity contribution is -0.122. The summed E-state index contributed by atoms with van der Waals surface area (Å²) < 4.78 is 1.72. The quantitative estimate of drug-likeness (QED) is 0.322. The molecule has 2 aromatic carbocycles. The fourth-order valence-electron chi connectivity index (χ4n) is 2.32. The van der Waals surface area contributed by atoms with Crippen molar-refractivity contribution >= 4 is 88.7 Å². The van der Waals surface area contributed by atoms with E-state index in [2.05, 4.69) is 53.1 Å². The van der Waals surface area contributed by atoms with Crippen LogP contribution in [0.15, 0.2) is 55.4 Å². The molecule has 0 spiro atoms. The molecule has 1 fully saturated rings. The molecule has 0 atom stereocenters. The molecule has 132 valence electrons. The molecule has 9 heteroatoms. The van der Waals surface area contributed by atoms with Crippen molar-refractivity contribution < 1.29 is 14.7 Å². The molecule has 1 aliphatic heterocycles. The van der Waals surface area contributed by atoms with Gasteiger partial charge in [0.05, 0.1) is 14.6 Å². The van der Waals surface area contributed by atoms with Gasteiger partial charge < -0.3 is 5.11 Å². The number of anilines is 1. The van der Waals surface area contributed by atoms with E-state index < -0.39 is 11.8 Å². The Morgan fingerprint density at radius 2 is 1.62 bits per heavy atom. The molecule has 0 unspecified atom stereocenters. The molecule has 0 saturated carbocycles. The number of halogens is 3. The molecule has 0 aromatic heterocycles. The zero-order valence-corrected chi connectivity index (χ0v) is 18.4. The summed E-state index contributed by atoms with van der Waals surface area (Å²) in [6, 6.07) is 10.2. The van der Waals surface area contributed by atoms with Crippen LogP contribution in [0.3, 0.4) is 0 Å². The molecule has 0 radical (unpaired) electrons. The molecular formula is C17H9Br3N2O3S. The van der Waals surface area contributed by atoms with Crippen LogP contribution in [-0.4, -0.2) is 22.0 Å². The van der Waals surface area contributed by atoms with Crippen LogP contribution in [0.2, 0.25) is 0 Å². The zero-order valence-electron chi connectivity index (χ0n) is 12.8. The van der Waals surface area contributed by atoms with Crippen molar-refractivity contribution in [3.8, 4) is 5.75 Å². The lowest BCUT2D eigenvalue weighted by atomic mass is 10.1. The molecule has 3 rings (SSSR count). The summed E-state index contributed by atoms with van der Waals surface area (Å²) >= 11 is 14.9. The van der Waals surface area contributed by atoms with E-state index >= 15 is 0 Å². The van der Waals surface area contributed by atoms with Crippen molar-refractivity contribution in [3.05, 3.63) is 61.0 Å². The normalized spacial score (nSPS) is 16.2. The van der Waals surface area contributed by atoms with Gasteiger partial charge in [0, 0.05) is 4.47 Å². The SMILES string of the molecule is O=C1NC(=S)N(c2ccc(Br)cc2)C(=O)/C1=C\c1cc(Br)c(O)c(Br)c1. The fourth-order valence-corrected chi connectivity index (χ4v) is 4.08. The first-order chi connectivity index (χ1) is 12.3. The van der Waals surface area contributed by atoms with Crippen LogP contribution in [0.5, 0.6) is 5.75 Å². The van der Waals surface area contributed by atoms with Crippen LogP contribution in [0, 0.1) is 0 Å². The number of nitrogens with one attached hydrogen (secondary N) is 1. The smallest absolute Gasteiger partial charge is 0.270 e. The summed E-state index contributed by atoms with van der Waals surface area (Å²) in [6.45, 7) is 0. The monoisotopic (exact) mass is 558 g/mol. The second kappa shape index (κ2) is 7.59. The van der Waals surface area contributed by atoms with Crippen LogP contribution in [0.25, 0.3) is 6.08 Å². The van der Waals surface area contributed by atoms with Gasteiger partial charge in [-0.2, -0.15) is 0 Å². The Balaban J connectivity index is 2.04. The van der Waals surface area contributed by atoms with Gasteiger partial charge in [-0.15, -0.1) is 0 Å². The molecule has 5 nitrogen and oxygen atoms in total. The van der Waals surface area contributed by atoms with Crippen molar-refractivity contribution in [1.29, 1.82) is 0 Å². The number of thiocarbonyl (C=S) groups is 1. The highest BCUT2D eigenvalue weighted by Crippen LogP contribution is 2.34. The number of carbonyl (C=O) groups excluding carboxylic acids is 2. The molecule has 26 heavy (non-hydrogen) atoms. The number of carbonyl (C=O) groups is 2. The first kappa shape index (κ1) is 19.2. The van der Waals surface area contributed by atoms with E-state index in [0.29, 0.717) is 20.2 Å². The van der Waals surface area contributed by atoms with Crippen LogP contribution >= 0.6 is 60.0 Å². The van der Waals surface area contributed by atoms with Crippen molar-refractivity contribution in [3.63, 3.8) is 0 Å². The van der Waals surface area contributed by atoms with Gasteiger partial charge in [-0.1, -0.05) is 15.9 Å². The zero-order chi connectivity index (χ0) is 19.0. The Bertz CT molecular complexity index is 951. The van der Waals surface area contributed by atoms with Crippen LogP contribution in [-0.2, 0) is 9.59 Å². The summed E-state index contributed by atoms with van der Waals surface area (Å²) in [7, 11) is 0. The maximum Gasteiger partial charge on any atom is 0.270 e. The number of phenols is 1. The summed E-state index contributed by atoms with van der Waals surface area (Å²) in [5, 5.41) is 12.3. The third kappa shape index (κ3) is 3.75. The van der Waals surface area contributed by atoms with Gasteiger partial charge >= 0.3 is 0 Å². The fraction of sp³-hybridized carbons (Fsp3) is 0. The highest BCUT2D eigenvalue weighted by Gasteiger charge is 2.34. The summed E-state index contributed by atoms with van der Waals surface area (Å²) in [4.78, 5) is 26.5. The van der Waals surface area contributed by atoms with E-state index in [-0.39, 0.29) is 16.4 Å². The van der Waals surface area contributed by atoms with Gasteiger partial charge in [0.2, 0.25) is 0 Å². The number of amides is 2. The first-order valence-electron chi connectivity index (χ1n) is 7.13. The van der Waals surface area contributed by atoms with Gasteiger partial charge in [-0.05, 0) is 92.1 Å². The number of hydrogen-bond donors (Lipinski definition) is 2. The summed E-state index contributed by atoms with van der Waals surface area (Å²) in [5.41, 5.74) is 1.04. The second-order valence-electron chi connectivity index (χ2n) is 5.27. The Kier molecular flexibility index (Phi) is 5.61. The summed E-state index contributed by atoms with van der Waals surface area (Å²) in [6.07, 6.45) is 1.44. The first-order valence-corrected chi connectivity index (χ1v) is 9.91. The molecule has 0 aliphatic carbocycles. The van der Waals surface area contributed by atoms with Crippen LogP contribution < -0.4 is 10.2 Å². The highest BCUT2D eigenvalue weighted by atomic mass is 79.9. The molecule has 0 bridgehead atoms. The van der Waals surface area contributed by atoms with E-state index in [0.717, 1.165) is 4.47 Å². The Morgan fingerprint density at radius 3 is 2.19 bits per heavy atom. The van der Waals surface area contributed by atoms with Gasteiger partial charge in [-0.3, -0.25) is 19.8 Å². The van der Waals surface area contributed by atoms with Crippen molar-refractivity contribution in [1.82, 2.24) is 5.32 Å². The van der Waals surface area contributed by atoms with Crippen LogP contribution in [0.4, 0.5) is 5.69 Å².